The van der Waals surface area contributed by atoms with Gasteiger partial charge in [0, 0.05) is 32.4 Å². The lowest BCUT2D eigenvalue weighted by Gasteiger charge is -2.20. The largest absolute Gasteiger partial charge is 0.508 e. The van der Waals surface area contributed by atoms with Gasteiger partial charge in [-0.2, -0.15) is 0 Å². The van der Waals surface area contributed by atoms with Gasteiger partial charge in [-0.15, -0.1) is 0 Å². The first-order valence-electron chi connectivity index (χ1n) is 6.75. The molecule has 0 fully saturated rings. The summed E-state index contributed by atoms with van der Waals surface area (Å²) in [7, 11) is 5.52. The van der Waals surface area contributed by atoms with Crippen LogP contribution in [0.2, 0.25) is 0 Å². The van der Waals surface area contributed by atoms with E-state index in [9.17, 15) is 5.11 Å². The van der Waals surface area contributed by atoms with E-state index in [1.807, 2.05) is 44.1 Å². The lowest BCUT2D eigenvalue weighted by atomic mass is 10.1. The number of phenolic OH excluding ortho intramolecular Hbond substituents is 1. The zero-order valence-electron chi connectivity index (χ0n) is 12.8. The highest BCUT2D eigenvalue weighted by atomic mass is 16.5. The van der Waals surface area contributed by atoms with Gasteiger partial charge >= 0.3 is 0 Å². The molecule has 0 aliphatic carbocycles. The van der Waals surface area contributed by atoms with Crippen molar-refractivity contribution >= 4 is 11.4 Å². The zero-order chi connectivity index (χ0) is 15.4. The molecule has 5 nitrogen and oxygen atoms in total. The fourth-order valence-corrected chi connectivity index (χ4v) is 2.17. The van der Waals surface area contributed by atoms with E-state index in [-0.39, 0.29) is 5.75 Å². The predicted molar refractivity (Wildman–Crippen MR) is 85.3 cm³/mol. The lowest BCUT2D eigenvalue weighted by Crippen LogP contribution is -2.13. The van der Waals surface area contributed by atoms with Crippen molar-refractivity contribution < 1.29 is 9.84 Å². The topological polar surface area (TPSA) is 57.6 Å². The van der Waals surface area contributed by atoms with Crippen molar-refractivity contribution in [1.29, 1.82) is 0 Å². The number of aryl methyl sites for hydroxylation is 1. The van der Waals surface area contributed by atoms with Crippen LogP contribution in [-0.4, -0.2) is 31.3 Å². The van der Waals surface area contributed by atoms with Crippen molar-refractivity contribution in [3.05, 3.63) is 41.6 Å². The second-order valence-corrected chi connectivity index (χ2v) is 5.09. The SMILES string of the molecule is COc1nccc(N(C)C)c1NCc1cc(C)ccc1O. The smallest absolute Gasteiger partial charge is 0.239 e. The summed E-state index contributed by atoms with van der Waals surface area (Å²) in [6.07, 6.45) is 1.71. The molecule has 2 N–H and O–H groups in total. The molecule has 0 aliphatic heterocycles. The van der Waals surface area contributed by atoms with E-state index in [4.69, 9.17) is 4.74 Å². The molecule has 5 heteroatoms. The average molecular weight is 287 g/mol. The van der Waals surface area contributed by atoms with Gasteiger partial charge in [0.2, 0.25) is 5.88 Å². The van der Waals surface area contributed by atoms with Crippen molar-refractivity contribution in [3.63, 3.8) is 0 Å². The molecule has 2 aromatic rings. The molecule has 0 saturated heterocycles. The van der Waals surface area contributed by atoms with Crippen LogP contribution in [0.25, 0.3) is 0 Å². The number of phenols is 1. The van der Waals surface area contributed by atoms with Crippen LogP contribution in [0.15, 0.2) is 30.5 Å². The Morgan fingerprint density at radius 3 is 2.71 bits per heavy atom. The van der Waals surface area contributed by atoms with Gasteiger partial charge in [-0.1, -0.05) is 17.7 Å². The Balaban J connectivity index is 2.29. The highest BCUT2D eigenvalue weighted by Gasteiger charge is 2.12. The Kier molecular flexibility index (Phi) is 4.52. The number of nitrogens with zero attached hydrogens (tertiary/aromatic N) is 2. The van der Waals surface area contributed by atoms with E-state index < -0.39 is 0 Å². The number of nitrogens with one attached hydrogen (secondary N) is 1. The number of methoxy groups -OCH3 is 1. The molecule has 0 unspecified atom stereocenters. The molecule has 1 aromatic carbocycles. The van der Waals surface area contributed by atoms with Crippen LogP contribution >= 0.6 is 0 Å². The van der Waals surface area contributed by atoms with Crippen LogP contribution < -0.4 is 15.0 Å². The van der Waals surface area contributed by atoms with E-state index in [2.05, 4.69) is 10.3 Å². The summed E-state index contributed by atoms with van der Waals surface area (Å²) < 4.78 is 5.32. The molecule has 0 saturated carbocycles. The normalized spacial score (nSPS) is 10.3. The van der Waals surface area contributed by atoms with Crippen molar-refractivity contribution in [2.45, 2.75) is 13.5 Å². The molecule has 0 atom stereocenters. The first-order valence-corrected chi connectivity index (χ1v) is 6.75. The maximum atomic E-state index is 9.92. The number of rotatable bonds is 5. The summed E-state index contributed by atoms with van der Waals surface area (Å²) in [4.78, 5) is 6.21. The second-order valence-electron chi connectivity index (χ2n) is 5.09. The van der Waals surface area contributed by atoms with Gasteiger partial charge < -0.3 is 20.1 Å². The van der Waals surface area contributed by atoms with Crippen LogP contribution in [0.5, 0.6) is 11.6 Å². The summed E-state index contributed by atoms with van der Waals surface area (Å²) >= 11 is 0. The van der Waals surface area contributed by atoms with Crippen LogP contribution in [0, 0.1) is 6.92 Å². The molecule has 0 radical (unpaired) electrons. The molecule has 1 aromatic heterocycles. The standard InChI is InChI=1S/C16H21N3O2/c1-11-5-6-14(20)12(9-11)10-18-15-13(19(2)3)7-8-17-16(15)21-4/h5-9,18,20H,10H2,1-4H3. The summed E-state index contributed by atoms with van der Waals surface area (Å²) in [5.41, 5.74) is 3.74. The molecule has 0 aliphatic rings. The molecule has 0 amide bonds. The Bertz CT molecular complexity index is 627. The number of hydrogen-bond acceptors (Lipinski definition) is 5. The number of benzene rings is 1. The molecule has 21 heavy (non-hydrogen) atoms. The minimum atomic E-state index is 0.280. The number of ether oxygens (including phenoxy) is 1. The molecular weight excluding hydrogens is 266 g/mol. The van der Waals surface area contributed by atoms with Crippen LogP contribution in [0.1, 0.15) is 11.1 Å². The molecule has 0 bridgehead atoms. The maximum absolute atomic E-state index is 9.92. The van der Waals surface area contributed by atoms with Crippen molar-refractivity contribution in [1.82, 2.24) is 4.98 Å². The zero-order valence-corrected chi connectivity index (χ0v) is 12.8. The minimum Gasteiger partial charge on any atom is -0.508 e. The summed E-state index contributed by atoms with van der Waals surface area (Å²) in [6, 6.07) is 7.47. The van der Waals surface area contributed by atoms with E-state index >= 15 is 0 Å². The number of pyridine rings is 1. The highest BCUT2D eigenvalue weighted by molar-refractivity contribution is 5.74. The van der Waals surface area contributed by atoms with Gasteiger partial charge in [-0.05, 0) is 19.1 Å². The average Bonchev–Trinajstić information content (AvgIpc) is 2.47. The van der Waals surface area contributed by atoms with Crippen LogP contribution in [0.3, 0.4) is 0 Å². The third-order valence-corrected chi connectivity index (χ3v) is 3.26. The monoisotopic (exact) mass is 287 g/mol. The molecule has 1 heterocycles. The third kappa shape index (κ3) is 3.37. The first-order chi connectivity index (χ1) is 10.0. The van der Waals surface area contributed by atoms with Crippen molar-refractivity contribution in [2.75, 3.05) is 31.4 Å². The second kappa shape index (κ2) is 6.35. The van der Waals surface area contributed by atoms with E-state index in [0.717, 1.165) is 22.5 Å². The van der Waals surface area contributed by atoms with Gasteiger partial charge in [0.25, 0.3) is 0 Å². The Labute approximate surface area is 125 Å². The summed E-state index contributed by atoms with van der Waals surface area (Å²) in [5, 5.41) is 13.2. The quantitative estimate of drug-likeness (QED) is 0.885. The fraction of sp³-hybridized carbons (Fsp3) is 0.312. The Morgan fingerprint density at radius 1 is 1.29 bits per heavy atom. The van der Waals surface area contributed by atoms with E-state index in [1.165, 1.54) is 0 Å². The number of anilines is 2. The Morgan fingerprint density at radius 2 is 2.05 bits per heavy atom. The number of aromatic hydroxyl groups is 1. The maximum Gasteiger partial charge on any atom is 0.239 e. The third-order valence-electron chi connectivity index (χ3n) is 3.26. The van der Waals surface area contributed by atoms with Crippen LogP contribution in [0.4, 0.5) is 11.4 Å². The summed E-state index contributed by atoms with van der Waals surface area (Å²) in [6.45, 7) is 2.50. The lowest BCUT2D eigenvalue weighted by molar-refractivity contribution is 0.399. The summed E-state index contributed by atoms with van der Waals surface area (Å²) in [5.74, 6) is 0.815. The molecule has 0 spiro atoms. The molecule has 2 rings (SSSR count). The van der Waals surface area contributed by atoms with Crippen LogP contribution in [-0.2, 0) is 6.54 Å². The van der Waals surface area contributed by atoms with Gasteiger partial charge in [0.1, 0.15) is 11.4 Å². The first kappa shape index (κ1) is 15.0. The van der Waals surface area contributed by atoms with E-state index in [0.29, 0.717) is 12.4 Å². The van der Waals surface area contributed by atoms with Crippen molar-refractivity contribution in [2.24, 2.45) is 0 Å². The number of hydrogen-bond donors (Lipinski definition) is 2. The van der Waals surface area contributed by atoms with Gasteiger partial charge in [0.15, 0.2) is 0 Å². The van der Waals surface area contributed by atoms with Gasteiger partial charge in [-0.3, -0.25) is 0 Å². The minimum absolute atomic E-state index is 0.280. The molecular formula is C16H21N3O2. The number of aromatic nitrogens is 1. The fourth-order valence-electron chi connectivity index (χ4n) is 2.17. The van der Waals surface area contributed by atoms with Gasteiger partial charge in [-0.25, -0.2) is 4.98 Å². The van der Waals surface area contributed by atoms with Crippen molar-refractivity contribution in [3.8, 4) is 11.6 Å². The predicted octanol–water partition coefficient (Wildman–Crippen LogP) is 2.78. The Hall–Kier alpha value is -2.43. The molecule has 112 valence electrons. The van der Waals surface area contributed by atoms with Gasteiger partial charge in [0.05, 0.1) is 12.8 Å². The van der Waals surface area contributed by atoms with E-state index in [1.54, 1.807) is 19.4 Å². The highest BCUT2D eigenvalue weighted by Crippen LogP contribution is 2.33.